The van der Waals surface area contributed by atoms with Gasteiger partial charge in [-0.2, -0.15) is 0 Å². The Morgan fingerprint density at radius 2 is 2.29 bits per heavy atom. The molecule has 0 aliphatic carbocycles. The van der Waals surface area contributed by atoms with Crippen LogP contribution in [0.5, 0.6) is 0 Å². The molecule has 6 heteroatoms. The van der Waals surface area contributed by atoms with Gasteiger partial charge >= 0.3 is 0 Å². The Morgan fingerprint density at radius 1 is 1.47 bits per heavy atom. The third kappa shape index (κ3) is 2.65. The molecule has 2 heterocycles. The number of hydrogen-bond acceptors (Lipinski definition) is 5. The van der Waals surface area contributed by atoms with Crippen LogP contribution in [0.1, 0.15) is 19.0 Å². The summed E-state index contributed by atoms with van der Waals surface area (Å²) in [5.41, 5.74) is 3.48. The van der Waals surface area contributed by atoms with E-state index in [1.807, 2.05) is 6.07 Å². The van der Waals surface area contributed by atoms with E-state index in [2.05, 4.69) is 38.2 Å². The van der Waals surface area contributed by atoms with Gasteiger partial charge in [-0.15, -0.1) is 0 Å². The summed E-state index contributed by atoms with van der Waals surface area (Å²) in [6.07, 6.45) is 3.48. The molecule has 2 aromatic heterocycles. The van der Waals surface area contributed by atoms with Crippen molar-refractivity contribution in [2.45, 2.75) is 19.8 Å². The Hall–Kier alpha value is -1.40. The summed E-state index contributed by atoms with van der Waals surface area (Å²) in [5.74, 6) is 7.12. The molecule has 0 aliphatic rings. The van der Waals surface area contributed by atoms with Gasteiger partial charge in [-0.1, -0.05) is 13.3 Å². The Bertz CT molecular complexity index is 512. The molecule has 0 aromatic carbocycles. The van der Waals surface area contributed by atoms with E-state index in [-0.39, 0.29) is 0 Å². The Morgan fingerprint density at radius 3 is 2.88 bits per heavy atom. The normalized spacial score (nSPS) is 10.5. The van der Waals surface area contributed by atoms with Crippen molar-refractivity contribution in [2.75, 3.05) is 5.43 Å². The lowest BCUT2D eigenvalue weighted by atomic mass is 10.2. The SMILES string of the molecule is CCCc1cc(NN)nc(-c2occc2Br)n1. The van der Waals surface area contributed by atoms with Crippen molar-refractivity contribution in [1.29, 1.82) is 0 Å². The van der Waals surface area contributed by atoms with Crippen molar-refractivity contribution >= 4 is 21.7 Å². The average Bonchev–Trinajstić information content (AvgIpc) is 2.75. The molecule has 17 heavy (non-hydrogen) atoms. The van der Waals surface area contributed by atoms with Gasteiger partial charge in [-0.25, -0.2) is 15.8 Å². The summed E-state index contributed by atoms with van der Waals surface area (Å²) in [7, 11) is 0. The number of hydrogen-bond donors (Lipinski definition) is 2. The Balaban J connectivity index is 2.46. The van der Waals surface area contributed by atoms with Gasteiger partial charge in [0.15, 0.2) is 11.6 Å². The fourth-order valence-electron chi connectivity index (χ4n) is 1.51. The first kappa shape index (κ1) is 12.1. The third-order valence-electron chi connectivity index (χ3n) is 2.25. The zero-order valence-corrected chi connectivity index (χ0v) is 11.0. The molecule has 0 unspecified atom stereocenters. The van der Waals surface area contributed by atoms with E-state index in [0.717, 1.165) is 23.0 Å². The Labute approximate surface area is 108 Å². The summed E-state index contributed by atoms with van der Waals surface area (Å²) in [6, 6.07) is 3.64. The number of rotatable bonds is 4. The number of nitrogens with one attached hydrogen (secondary N) is 1. The standard InChI is InChI=1S/C11H13BrN4O/c1-2-3-7-6-9(16-13)15-11(14-7)10-8(12)4-5-17-10/h4-6H,2-3,13H2,1H3,(H,14,15,16). The number of nitrogen functional groups attached to an aromatic ring is 1. The number of aromatic nitrogens is 2. The molecular weight excluding hydrogens is 284 g/mol. The first-order valence-electron chi connectivity index (χ1n) is 5.32. The first-order valence-corrected chi connectivity index (χ1v) is 6.11. The van der Waals surface area contributed by atoms with Crippen LogP contribution in [-0.4, -0.2) is 9.97 Å². The fraction of sp³-hybridized carbons (Fsp3) is 0.273. The maximum Gasteiger partial charge on any atom is 0.199 e. The summed E-state index contributed by atoms with van der Waals surface area (Å²) in [6.45, 7) is 2.10. The number of furan rings is 1. The number of nitrogens with zero attached hydrogens (tertiary/aromatic N) is 2. The highest BCUT2D eigenvalue weighted by Gasteiger charge is 2.12. The number of halogens is 1. The molecule has 2 aromatic rings. The van der Waals surface area contributed by atoms with E-state index >= 15 is 0 Å². The minimum atomic E-state index is 0.528. The van der Waals surface area contributed by atoms with Gasteiger partial charge in [0.1, 0.15) is 5.82 Å². The lowest BCUT2D eigenvalue weighted by Crippen LogP contribution is -2.10. The maximum atomic E-state index is 5.39. The average molecular weight is 297 g/mol. The van der Waals surface area contributed by atoms with Crippen LogP contribution in [0.3, 0.4) is 0 Å². The second-order valence-corrected chi connectivity index (χ2v) is 4.41. The van der Waals surface area contributed by atoms with Gasteiger partial charge in [0.05, 0.1) is 10.7 Å². The minimum absolute atomic E-state index is 0.528. The van der Waals surface area contributed by atoms with Crippen LogP contribution in [0, 0.1) is 0 Å². The zero-order chi connectivity index (χ0) is 12.3. The second-order valence-electron chi connectivity index (χ2n) is 3.56. The van der Waals surface area contributed by atoms with Crippen LogP contribution in [0.4, 0.5) is 5.82 Å². The number of aryl methyl sites for hydroxylation is 1. The maximum absolute atomic E-state index is 5.39. The van der Waals surface area contributed by atoms with Gasteiger partial charge in [-0.05, 0) is 28.4 Å². The van der Waals surface area contributed by atoms with E-state index in [9.17, 15) is 0 Å². The molecule has 0 spiro atoms. The number of nitrogens with two attached hydrogens (primary N) is 1. The fourth-order valence-corrected chi connectivity index (χ4v) is 1.89. The lowest BCUT2D eigenvalue weighted by molar-refractivity contribution is 0.575. The molecule has 2 rings (SSSR count). The molecule has 0 atom stereocenters. The van der Waals surface area contributed by atoms with E-state index < -0.39 is 0 Å². The molecule has 0 radical (unpaired) electrons. The van der Waals surface area contributed by atoms with Crippen LogP contribution >= 0.6 is 15.9 Å². The van der Waals surface area contributed by atoms with Gasteiger partial charge in [-0.3, -0.25) is 0 Å². The first-order chi connectivity index (χ1) is 8.24. The molecule has 0 saturated heterocycles. The highest BCUT2D eigenvalue weighted by Crippen LogP contribution is 2.27. The summed E-state index contributed by atoms with van der Waals surface area (Å²) in [4.78, 5) is 8.71. The van der Waals surface area contributed by atoms with Crippen molar-refractivity contribution in [3.05, 3.63) is 28.6 Å². The number of hydrazine groups is 1. The van der Waals surface area contributed by atoms with Crippen LogP contribution in [0.15, 0.2) is 27.3 Å². The minimum Gasteiger partial charge on any atom is -0.460 e. The van der Waals surface area contributed by atoms with Crippen molar-refractivity contribution < 1.29 is 4.42 Å². The van der Waals surface area contributed by atoms with Crippen LogP contribution in [0.2, 0.25) is 0 Å². The monoisotopic (exact) mass is 296 g/mol. The highest BCUT2D eigenvalue weighted by molar-refractivity contribution is 9.10. The topological polar surface area (TPSA) is 77.0 Å². The molecule has 0 amide bonds. The predicted molar refractivity (Wildman–Crippen MR) is 69.2 cm³/mol. The van der Waals surface area contributed by atoms with E-state index in [0.29, 0.717) is 17.4 Å². The smallest absolute Gasteiger partial charge is 0.199 e. The summed E-state index contributed by atoms with van der Waals surface area (Å²) < 4.78 is 6.17. The van der Waals surface area contributed by atoms with Crippen molar-refractivity contribution in [3.8, 4) is 11.6 Å². The van der Waals surface area contributed by atoms with Gasteiger partial charge in [0.2, 0.25) is 0 Å². The lowest BCUT2D eigenvalue weighted by Gasteiger charge is -2.05. The highest BCUT2D eigenvalue weighted by atomic mass is 79.9. The van der Waals surface area contributed by atoms with Gasteiger partial charge in [0.25, 0.3) is 0 Å². The van der Waals surface area contributed by atoms with Gasteiger partial charge in [0, 0.05) is 11.8 Å². The van der Waals surface area contributed by atoms with Crippen molar-refractivity contribution in [2.24, 2.45) is 5.84 Å². The van der Waals surface area contributed by atoms with Crippen LogP contribution in [-0.2, 0) is 6.42 Å². The molecule has 0 fully saturated rings. The van der Waals surface area contributed by atoms with E-state index in [4.69, 9.17) is 10.3 Å². The van der Waals surface area contributed by atoms with Gasteiger partial charge < -0.3 is 9.84 Å². The Kier molecular flexibility index (Phi) is 3.75. The summed E-state index contributed by atoms with van der Waals surface area (Å²) >= 11 is 3.39. The molecule has 0 saturated carbocycles. The third-order valence-corrected chi connectivity index (χ3v) is 2.88. The molecule has 0 aliphatic heterocycles. The molecular formula is C11H13BrN4O. The van der Waals surface area contributed by atoms with Crippen molar-refractivity contribution in [3.63, 3.8) is 0 Å². The number of anilines is 1. The van der Waals surface area contributed by atoms with Crippen LogP contribution < -0.4 is 11.3 Å². The summed E-state index contributed by atoms with van der Waals surface area (Å²) in [5, 5.41) is 0. The van der Waals surface area contributed by atoms with Crippen molar-refractivity contribution in [1.82, 2.24) is 9.97 Å². The zero-order valence-electron chi connectivity index (χ0n) is 9.40. The van der Waals surface area contributed by atoms with E-state index in [1.54, 1.807) is 12.3 Å². The molecule has 90 valence electrons. The second kappa shape index (κ2) is 5.29. The molecule has 0 bridgehead atoms. The van der Waals surface area contributed by atoms with Crippen LogP contribution in [0.25, 0.3) is 11.6 Å². The molecule has 3 N–H and O–H groups in total. The largest absolute Gasteiger partial charge is 0.460 e. The van der Waals surface area contributed by atoms with E-state index in [1.165, 1.54) is 0 Å². The quantitative estimate of drug-likeness (QED) is 0.670. The molecule has 5 nitrogen and oxygen atoms in total. The predicted octanol–water partition coefficient (Wildman–Crippen LogP) is 2.74.